The SMILES string of the molecule is CCn1c(SCCCC(C)=O)nnc1-c1cccs1. The lowest BCUT2D eigenvalue weighted by molar-refractivity contribution is -0.117. The van der Waals surface area contributed by atoms with E-state index in [1.807, 2.05) is 11.4 Å². The van der Waals surface area contributed by atoms with Crippen molar-refractivity contribution in [3.05, 3.63) is 17.5 Å². The van der Waals surface area contributed by atoms with Gasteiger partial charge in [-0.25, -0.2) is 0 Å². The lowest BCUT2D eigenvalue weighted by atomic mass is 10.3. The Morgan fingerprint density at radius 3 is 2.95 bits per heavy atom. The maximum absolute atomic E-state index is 10.9. The van der Waals surface area contributed by atoms with Crippen molar-refractivity contribution in [3.8, 4) is 10.7 Å². The maximum Gasteiger partial charge on any atom is 0.191 e. The number of hydrogen-bond acceptors (Lipinski definition) is 5. The Balaban J connectivity index is 2.03. The lowest BCUT2D eigenvalue weighted by Gasteiger charge is -2.05. The summed E-state index contributed by atoms with van der Waals surface area (Å²) in [6.45, 7) is 4.59. The molecule has 0 N–H and O–H groups in total. The Morgan fingerprint density at radius 1 is 1.47 bits per heavy atom. The Labute approximate surface area is 121 Å². The molecule has 2 rings (SSSR count). The van der Waals surface area contributed by atoms with E-state index in [-0.39, 0.29) is 5.78 Å². The highest BCUT2D eigenvalue weighted by molar-refractivity contribution is 7.99. The average molecular weight is 295 g/mol. The molecule has 19 heavy (non-hydrogen) atoms. The van der Waals surface area contributed by atoms with E-state index in [1.165, 1.54) is 0 Å². The summed E-state index contributed by atoms with van der Waals surface area (Å²) in [5.41, 5.74) is 0. The highest BCUT2D eigenvalue weighted by Gasteiger charge is 2.13. The Morgan fingerprint density at radius 2 is 2.32 bits per heavy atom. The Kier molecular flexibility index (Phi) is 5.15. The molecule has 0 atom stereocenters. The molecule has 0 saturated carbocycles. The van der Waals surface area contributed by atoms with Gasteiger partial charge in [-0.15, -0.1) is 21.5 Å². The van der Waals surface area contributed by atoms with Crippen molar-refractivity contribution < 1.29 is 4.79 Å². The molecule has 0 amide bonds. The van der Waals surface area contributed by atoms with Crippen molar-refractivity contribution in [2.24, 2.45) is 0 Å². The summed E-state index contributed by atoms with van der Waals surface area (Å²) in [6, 6.07) is 4.08. The monoisotopic (exact) mass is 295 g/mol. The molecular weight excluding hydrogens is 278 g/mol. The van der Waals surface area contributed by atoms with E-state index in [1.54, 1.807) is 30.0 Å². The van der Waals surface area contributed by atoms with Gasteiger partial charge >= 0.3 is 0 Å². The van der Waals surface area contributed by atoms with E-state index in [0.717, 1.165) is 34.6 Å². The number of Topliss-reactive ketones (excluding diaryl/α,β-unsaturated/α-hetero) is 1. The molecule has 0 spiro atoms. The van der Waals surface area contributed by atoms with Gasteiger partial charge in [-0.3, -0.25) is 0 Å². The molecule has 0 aliphatic heterocycles. The molecule has 0 bridgehead atoms. The first kappa shape index (κ1) is 14.3. The summed E-state index contributed by atoms with van der Waals surface area (Å²) in [7, 11) is 0. The van der Waals surface area contributed by atoms with Crippen molar-refractivity contribution in [2.45, 2.75) is 38.4 Å². The predicted molar refractivity (Wildman–Crippen MR) is 79.6 cm³/mol. The number of rotatable bonds is 7. The first-order valence-electron chi connectivity index (χ1n) is 6.31. The fourth-order valence-corrected chi connectivity index (χ4v) is 3.41. The lowest BCUT2D eigenvalue weighted by Crippen LogP contribution is -1.99. The number of ketones is 1. The molecule has 2 heterocycles. The quantitative estimate of drug-likeness (QED) is 0.579. The van der Waals surface area contributed by atoms with Gasteiger partial charge < -0.3 is 9.36 Å². The highest BCUT2D eigenvalue weighted by Crippen LogP contribution is 2.27. The molecule has 2 aromatic rings. The van der Waals surface area contributed by atoms with Gasteiger partial charge in [0.05, 0.1) is 4.88 Å². The molecule has 0 unspecified atom stereocenters. The number of aromatic nitrogens is 3. The van der Waals surface area contributed by atoms with Crippen LogP contribution in [0.25, 0.3) is 10.7 Å². The van der Waals surface area contributed by atoms with Gasteiger partial charge in [-0.05, 0) is 31.7 Å². The number of thioether (sulfide) groups is 1. The van der Waals surface area contributed by atoms with Crippen LogP contribution in [0.1, 0.15) is 26.7 Å². The number of carbonyl (C=O) groups excluding carboxylic acids is 1. The maximum atomic E-state index is 10.9. The molecule has 4 nitrogen and oxygen atoms in total. The molecule has 0 radical (unpaired) electrons. The summed E-state index contributed by atoms with van der Waals surface area (Å²) >= 11 is 3.35. The summed E-state index contributed by atoms with van der Waals surface area (Å²) in [4.78, 5) is 12.0. The van der Waals surface area contributed by atoms with Crippen LogP contribution in [0.2, 0.25) is 0 Å². The molecule has 6 heteroatoms. The minimum Gasteiger partial charge on any atom is -0.302 e. The predicted octanol–water partition coefficient (Wildman–Crippen LogP) is 3.49. The fraction of sp³-hybridized carbons (Fsp3) is 0.462. The number of thiophene rings is 1. The zero-order valence-electron chi connectivity index (χ0n) is 11.1. The van der Waals surface area contributed by atoms with E-state index in [9.17, 15) is 4.79 Å². The van der Waals surface area contributed by atoms with E-state index >= 15 is 0 Å². The summed E-state index contributed by atoms with van der Waals surface area (Å²) < 4.78 is 2.13. The second kappa shape index (κ2) is 6.86. The van der Waals surface area contributed by atoms with Crippen LogP contribution in [-0.2, 0) is 11.3 Å². The van der Waals surface area contributed by atoms with Crippen molar-refractivity contribution in [3.63, 3.8) is 0 Å². The standard InChI is InChI=1S/C13H17N3OS2/c1-3-16-12(11-7-5-8-18-11)14-15-13(16)19-9-4-6-10(2)17/h5,7-8H,3-4,6,9H2,1-2H3. The molecule has 0 aromatic carbocycles. The van der Waals surface area contributed by atoms with E-state index in [2.05, 4.69) is 27.8 Å². The molecular formula is C13H17N3OS2. The summed E-state index contributed by atoms with van der Waals surface area (Å²) in [5.74, 6) is 2.09. The third-order valence-corrected chi connectivity index (χ3v) is 4.60. The van der Waals surface area contributed by atoms with Crippen LogP contribution in [0.5, 0.6) is 0 Å². The third kappa shape index (κ3) is 3.67. The van der Waals surface area contributed by atoms with Crippen molar-refractivity contribution in [1.82, 2.24) is 14.8 Å². The fourth-order valence-electron chi connectivity index (χ4n) is 1.75. The van der Waals surface area contributed by atoms with E-state index in [4.69, 9.17) is 0 Å². The van der Waals surface area contributed by atoms with Crippen LogP contribution in [-0.4, -0.2) is 26.3 Å². The van der Waals surface area contributed by atoms with Gasteiger partial charge in [0.15, 0.2) is 11.0 Å². The Hall–Kier alpha value is -1.14. The van der Waals surface area contributed by atoms with Crippen LogP contribution < -0.4 is 0 Å². The molecule has 0 aliphatic rings. The van der Waals surface area contributed by atoms with Crippen molar-refractivity contribution >= 4 is 28.9 Å². The zero-order chi connectivity index (χ0) is 13.7. The average Bonchev–Trinajstić information content (AvgIpc) is 3.02. The molecule has 102 valence electrons. The molecule has 0 aliphatic carbocycles. The van der Waals surface area contributed by atoms with E-state index in [0.29, 0.717) is 6.42 Å². The smallest absolute Gasteiger partial charge is 0.191 e. The van der Waals surface area contributed by atoms with Gasteiger partial charge in [-0.1, -0.05) is 17.8 Å². The number of nitrogens with zero attached hydrogens (tertiary/aromatic N) is 3. The minimum absolute atomic E-state index is 0.247. The van der Waals surface area contributed by atoms with Crippen molar-refractivity contribution in [1.29, 1.82) is 0 Å². The van der Waals surface area contributed by atoms with Crippen LogP contribution in [0, 0.1) is 0 Å². The first-order valence-corrected chi connectivity index (χ1v) is 8.18. The summed E-state index contributed by atoms with van der Waals surface area (Å²) in [6.07, 6.45) is 1.54. The first-order chi connectivity index (χ1) is 9.22. The van der Waals surface area contributed by atoms with Gasteiger partial charge in [0, 0.05) is 18.7 Å². The van der Waals surface area contributed by atoms with E-state index < -0.39 is 0 Å². The van der Waals surface area contributed by atoms with Crippen LogP contribution in [0.4, 0.5) is 0 Å². The van der Waals surface area contributed by atoms with Gasteiger partial charge in [-0.2, -0.15) is 0 Å². The zero-order valence-corrected chi connectivity index (χ0v) is 12.8. The Bertz CT molecular complexity index is 534. The number of hydrogen-bond donors (Lipinski definition) is 0. The summed E-state index contributed by atoms with van der Waals surface area (Å²) in [5, 5.41) is 11.5. The molecule has 0 saturated heterocycles. The van der Waals surface area contributed by atoms with Gasteiger partial charge in [0.25, 0.3) is 0 Å². The third-order valence-electron chi connectivity index (χ3n) is 2.68. The van der Waals surface area contributed by atoms with Gasteiger partial charge in [0.2, 0.25) is 0 Å². The second-order valence-corrected chi connectivity index (χ2v) is 6.19. The molecule has 0 fully saturated rings. The number of carbonyl (C=O) groups is 1. The van der Waals surface area contributed by atoms with Gasteiger partial charge in [0.1, 0.15) is 5.78 Å². The molecule has 2 aromatic heterocycles. The largest absolute Gasteiger partial charge is 0.302 e. The second-order valence-electron chi connectivity index (χ2n) is 4.18. The highest BCUT2D eigenvalue weighted by atomic mass is 32.2. The minimum atomic E-state index is 0.247. The topological polar surface area (TPSA) is 47.8 Å². The van der Waals surface area contributed by atoms with Crippen LogP contribution in [0.15, 0.2) is 22.7 Å². The van der Waals surface area contributed by atoms with Crippen LogP contribution >= 0.6 is 23.1 Å². The van der Waals surface area contributed by atoms with Crippen LogP contribution in [0.3, 0.4) is 0 Å². The normalized spacial score (nSPS) is 10.8. The van der Waals surface area contributed by atoms with Crippen molar-refractivity contribution in [2.75, 3.05) is 5.75 Å².